The van der Waals surface area contributed by atoms with Crippen molar-refractivity contribution < 1.29 is 19.4 Å². The number of carbonyl (C=O) groups is 2. The molecule has 0 aliphatic carbocycles. The largest absolute Gasteiger partial charge is 0.484 e. The molecule has 1 heterocycles. The van der Waals surface area contributed by atoms with Gasteiger partial charge in [0.05, 0.1) is 6.42 Å². The number of carboxylic acid groups (broad SMARTS) is 1. The molecule has 1 aliphatic heterocycles. The first kappa shape index (κ1) is 13.5. The van der Waals surface area contributed by atoms with Crippen LogP contribution < -0.4 is 10.1 Å². The SMILES string of the molecule is CCC(=O)c1ccc(OC2(CC(=O)O)CNC2)cc1. The zero-order valence-corrected chi connectivity index (χ0v) is 10.8. The maximum atomic E-state index is 11.5. The number of Topliss-reactive ketones (excluding diaryl/α,β-unsaturated/α-hetero) is 1. The van der Waals surface area contributed by atoms with Gasteiger partial charge in [-0.1, -0.05) is 6.92 Å². The lowest BCUT2D eigenvalue weighted by Crippen LogP contribution is -2.64. The average molecular weight is 263 g/mol. The minimum absolute atomic E-state index is 0.0321. The summed E-state index contributed by atoms with van der Waals surface area (Å²) in [6.45, 7) is 2.86. The van der Waals surface area contributed by atoms with Crippen molar-refractivity contribution in [3.05, 3.63) is 29.8 Å². The van der Waals surface area contributed by atoms with Crippen LogP contribution in [-0.4, -0.2) is 35.5 Å². The van der Waals surface area contributed by atoms with E-state index in [1.54, 1.807) is 24.3 Å². The highest BCUT2D eigenvalue weighted by Gasteiger charge is 2.41. The molecule has 19 heavy (non-hydrogen) atoms. The topological polar surface area (TPSA) is 75.6 Å². The number of rotatable bonds is 6. The molecule has 102 valence electrons. The van der Waals surface area contributed by atoms with Gasteiger partial charge in [0.25, 0.3) is 0 Å². The zero-order chi connectivity index (χ0) is 13.9. The quantitative estimate of drug-likeness (QED) is 0.760. The lowest BCUT2D eigenvalue weighted by Gasteiger charge is -2.41. The average Bonchev–Trinajstić information content (AvgIpc) is 2.35. The molecule has 0 radical (unpaired) electrons. The minimum atomic E-state index is -0.876. The van der Waals surface area contributed by atoms with Gasteiger partial charge >= 0.3 is 5.97 Å². The predicted molar refractivity (Wildman–Crippen MR) is 69.5 cm³/mol. The van der Waals surface area contributed by atoms with Crippen LogP contribution in [0.2, 0.25) is 0 Å². The van der Waals surface area contributed by atoms with Gasteiger partial charge in [0, 0.05) is 25.1 Å². The summed E-state index contributed by atoms with van der Waals surface area (Å²) in [7, 11) is 0. The molecule has 0 bridgehead atoms. The van der Waals surface area contributed by atoms with E-state index in [-0.39, 0.29) is 12.2 Å². The maximum Gasteiger partial charge on any atom is 0.307 e. The monoisotopic (exact) mass is 263 g/mol. The first-order chi connectivity index (χ1) is 9.04. The van der Waals surface area contributed by atoms with Crippen molar-refractivity contribution in [2.24, 2.45) is 0 Å². The number of carboxylic acids is 1. The highest BCUT2D eigenvalue weighted by atomic mass is 16.5. The van der Waals surface area contributed by atoms with Crippen molar-refractivity contribution in [2.45, 2.75) is 25.4 Å². The van der Waals surface area contributed by atoms with Crippen LogP contribution in [0, 0.1) is 0 Å². The van der Waals surface area contributed by atoms with Gasteiger partial charge in [-0.3, -0.25) is 9.59 Å². The Bertz CT molecular complexity index is 477. The predicted octanol–water partition coefficient (Wildman–Crippen LogP) is 1.47. The van der Waals surface area contributed by atoms with Crippen LogP contribution in [0.5, 0.6) is 5.75 Å². The summed E-state index contributed by atoms with van der Waals surface area (Å²) in [4.78, 5) is 22.3. The second-order valence-corrected chi connectivity index (χ2v) is 4.76. The molecule has 0 atom stereocenters. The Balaban J connectivity index is 2.06. The molecule has 0 aromatic heterocycles. The van der Waals surface area contributed by atoms with Gasteiger partial charge < -0.3 is 15.2 Å². The lowest BCUT2D eigenvalue weighted by atomic mass is 9.92. The summed E-state index contributed by atoms with van der Waals surface area (Å²) in [5, 5.41) is 11.9. The molecule has 0 spiro atoms. The van der Waals surface area contributed by atoms with Gasteiger partial charge in [0.2, 0.25) is 0 Å². The third kappa shape index (κ3) is 3.12. The second-order valence-electron chi connectivity index (χ2n) is 4.76. The normalized spacial score (nSPS) is 16.5. The molecule has 0 saturated carbocycles. The highest BCUT2D eigenvalue weighted by molar-refractivity contribution is 5.95. The van der Waals surface area contributed by atoms with Crippen molar-refractivity contribution in [3.8, 4) is 5.75 Å². The van der Waals surface area contributed by atoms with E-state index in [2.05, 4.69) is 5.32 Å². The van der Waals surface area contributed by atoms with E-state index in [0.717, 1.165) is 0 Å². The molecular weight excluding hydrogens is 246 g/mol. The van der Waals surface area contributed by atoms with Gasteiger partial charge in [0.15, 0.2) is 5.78 Å². The third-order valence-corrected chi connectivity index (χ3v) is 3.20. The number of hydrogen-bond donors (Lipinski definition) is 2. The van der Waals surface area contributed by atoms with Crippen LogP contribution in [0.1, 0.15) is 30.1 Å². The van der Waals surface area contributed by atoms with Crippen molar-refractivity contribution >= 4 is 11.8 Å². The van der Waals surface area contributed by atoms with Gasteiger partial charge in [-0.15, -0.1) is 0 Å². The van der Waals surface area contributed by atoms with Crippen LogP contribution in [-0.2, 0) is 4.79 Å². The summed E-state index contributed by atoms with van der Waals surface area (Å²) in [6.07, 6.45) is 0.433. The molecule has 5 heteroatoms. The van der Waals surface area contributed by atoms with E-state index in [9.17, 15) is 9.59 Å². The molecule has 0 unspecified atom stereocenters. The third-order valence-electron chi connectivity index (χ3n) is 3.20. The summed E-state index contributed by atoms with van der Waals surface area (Å²) in [6, 6.07) is 6.85. The Hall–Kier alpha value is -1.88. The lowest BCUT2D eigenvalue weighted by molar-refractivity contribution is -0.143. The highest BCUT2D eigenvalue weighted by Crippen LogP contribution is 2.25. The number of ether oxygens (including phenoxy) is 1. The smallest absolute Gasteiger partial charge is 0.307 e. The molecule has 2 N–H and O–H groups in total. The van der Waals surface area contributed by atoms with Crippen LogP contribution in [0.15, 0.2) is 24.3 Å². The summed E-state index contributed by atoms with van der Waals surface area (Å²) in [5.41, 5.74) is -0.0175. The van der Waals surface area contributed by atoms with E-state index in [1.165, 1.54) is 0 Å². The van der Waals surface area contributed by atoms with Gasteiger partial charge in [-0.2, -0.15) is 0 Å². The Morgan fingerprint density at radius 1 is 1.32 bits per heavy atom. The zero-order valence-electron chi connectivity index (χ0n) is 10.8. The number of benzene rings is 1. The van der Waals surface area contributed by atoms with Crippen molar-refractivity contribution in [2.75, 3.05) is 13.1 Å². The van der Waals surface area contributed by atoms with E-state index in [4.69, 9.17) is 9.84 Å². The fourth-order valence-electron chi connectivity index (χ4n) is 2.08. The van der Waals surface area contributed by atoms with Crippen LogP contribution in [0.3, 0.4) is 0 Å². The van der Waals surface area contributed by atoms with Gasteiger partial charge in [-0.05, 0) is 24.3 Å². The fraction of sp³-hybridized carbons (Fsp3) is 0.429. The summed E-state index contributed by atoms with van der Waals surface area (Å²) < 4.78 is 5.76. The van der Waals surface area contributed by atoms with Gasteiger partial charge in [-0.25, -0.2) is 0 Å². The molecule has 1 aliphatic rings. The Labute approximate surface area is 111 Å². The Kier molecular flexibility index (Phi) is 3.85. The molecule has 0 amide bonds. The Morgan fingerprint density at radius 2 is 1.95 bits per heavy atom. The molecule has 2 rings (SSSR count). The number of carbonyl (C=O) groups excluding carboxylic acids is 1. The molecule has 1 aromatic rings. The molecule has 5 nitrogen and oxygen atoms in total. The number of nitrogens with one attached hydrogen (secondary N) is 1. The molecule has 1 fully saturated rings. The molecule has 1 saturated heterocycles. The van der Waals surface area contributed by atoms with Gasteiger partial charge in [0.1, 0.15) is 11.4 Å². The fourth-order valence-corrected chi connectivity index (χ4v) is 2.08. The number of aliphatic carboxylic acids is 1. The maximum absolute atomic E-state index is 11.5. The standard InChI is InChI=1S/C14H17NO4/c1-2-12(16)10-3-5-11(6-4-10)19-14(7-13(17)18)8-15-9-14/h3-6,15H,2,7-9H2,1H3,(H,17,18). The van der Waals surface area contributed by atoms with Crippen molar-refractivity contribution in [3.63, 3.8) is 0 Å². The van der Waals surface area contributed by atoms with E-state index >= 15 is 0 Å². The van der Waals surface area contributed by atoms with E-state index in [1.807, 2.05) is 6.92 Å². The van der Waals surface area contributed by atoms with Crippen LogP contribution in [0.4, 0.5) is 0 Å². The van der Waals surface area contributed by atoms with Crippen molar-refractivity contribution in [1.29, 1.82) is 0 Å². The van der Waals surface area contributed by atoms with Crippen molar-refractivity contribution in [1.82, 2.24) is 5.32 Å². The number of ketones is 1. The van der Waals surface area contributed by atoms with Crippen LogP contribution >= 0.6 is 0 Å². The van der Waals surface area contributed by atoms with Crippen LogP contribution in [0.25, 0.3) is 0 Å². The molecule has 1 aromatic carbocycles. The Morgan fingerprint density at radius 3 is 2.37 bits per heavy atom. The molecular formula is C14H17NO4. The summed E-state index contributed by atoms with van der Waals surface area (Å²) >= 11 is 0. The van der Waals surface area contributed by atoms with E-state index < -0.39 is 11.6 Å². The first-order valence-electron chi connectivity index (χ1n) is 6.29. The first-order valence-corrected chi connectivity index (χ1v) is 6.29. The van der Waals surface area contributed by atoms with E-state index in [0.29, 0.717) is 30.8 Å². The number of hydrogen-bond acceptors (Lipinski definition) is 4. The minimum Gasteiger partial charge on any atom is -0.484 e. The second kappa shape index (κ2) is 5.40. The summed E-state index contributed by atoms with van der Waals surface area (Å²) in [5.74, 6) is -0.202.